The molecule has 4 nitrogen and oxygen atoms in total. The van der Waals surface area contributed by atoms with Gasteiger partial charge >= 0.3 is 6.18 Å². The summed E-state index contributed by atoms with van der Waals surface area (Å²) in [5.74, 6) is 0. The van der Waals surface area contributed by atoms with Crippen molar-refractivity contribution in [3.05, 3.63) is 48.0 Å². The molecule has 0 bridgehead atoms. The van der Waals surface area contributed by atoms with Crippen molar-refractivity contribution in [1.29, 1.82) is 5.26 Å². The van der Waals surface area contributed by atoms with Crippen molar-refractivity contribution in [2.75, 3.05) is 5.32 Å². The fourth-order valence-electron chi connectivity index (χ4n) is 3.71. The molecule has 1 fully saturated rings. The minimum absolute atomic E-state index is 0.0221. The first-order valence-electron chi connectivity index (χ1n) is 8.09. The predicted molar refractivity (Wildman–Crippen MR) is 87.8 cm³/mol. The van der Waals surface area contributed by atoms with E-state index >= 15 is 0 Å². The summed E-state index contributed by atoms with van der Waals surface area (Å²) in [7, 11) is 0. The van der Waals surface area contributed by atoms with Gasteiger partial charge in [-0.3, -0.25) is 0 Å². The third-order valence-corrected chi connectivity index (χ3v) is 5.16. The monoisotopic (exact) mass is 348 g/mol. The van der Waals surface area contributed by atoms with Gasteiger partial charge in [-0.1, -0.05) is 13.8 Å². The second-order valence-corrected chi connectivity index (χ2v) is 6.99. The first-order valence-corrected chi connectivity index (χ1v) is 8.09. The maximum Gasteiger partial charge on any atom is 0.417 e. The Morgan fingerprint density at radius 3 is 2.68 bits per heavy atom. The number of nitrogens with one attached hydrogen (secondary N) is 1. The zero-order valence-electron chi connectivity index (χ0n) is 14.0. The number of alkyl halides is 3. The molecule has 1 aliphatic carbocycles. The van der Waals surface area contributed by atoms with E-state index in [0.29, 0.717) is 5.69 Å². The third kappa shape index (κ3) is 3.21. The van der Waals surface area contributed by atoms with Gasteiger partial charge in [0.2, 0.25) is 0 Å². The molecule has 3 rings (SSSR count). The summed E-state index contributed by atoms with van der Waals surface area (Å²) in [5, 5.41) is 12.1. The van der Waals surface area contributed by atoms with Crippen molar-refractivity contribution in [1.82, 2.24) is 9.55 Å². The Labute approximate surface area is 144 Å². The summed E-state index contributed by atoms with van der Waals surface area (Å²) in [6.07, 6.45) is 2.64. The molecule has 25 heavy (non-hydrogen) atoms. The first-order chi connectivity index (χ1) is 11.7. The molecule has 1 aliphatic rings. The number of benzene rings is 1. The molecule has 1 N–H and O–H groups in total. The second-order valence-electron chi connectivity index (χ2n) is 6.99. The molecular weight excluding hydrogens is 329 g/mol. The van der Waals surface area contributed by atoms with Crippen LogP contribution in [0.4, 0.5) is 18.9 Å². The van der Waals surface area contributed by atoms with E-state index in [-0.39, 0.29) is 23.1 Å². The van der Waals surface area contributed by atoms with Gasteiger partial charge < -0.3 is 9.88 Å². The molecule has 7 heteroatoms. The minimum atomic E-state index is -4.55. The van der Waals surface area contributed by atoms with Crippen LogP contribution in [-0.2, 0) is 6.18 Å². The average molecular weight is 348 g/mol. The van der Waals surface area contributed by atoms with Crippen LogP contribution in [-0.4, -0.2) is 15.6 Å². The molecule has 0 spiro atoms. The molecule has 2 atom stereocenters. The number of nitrogens with zero attached hydrogens (tertiary/aromatic N) is 3. The van der Waals surface area contributed by atoms with Crippen LogP contribution in [0.15, 0.2) is 36.9 Å². The highest BCUT2D eigenvalue weighted by atomic mass is 19.4. The van der Waals surface area contributed by atoms with E-state index in [1.165, 1.54) is 12.1 Å². The highest BCUT2D eigenvalue weighted by molar-refractivity contribution is 5.54. The maximum atomic E-state index is 13.1. The lowest BCUT2D eigenvalue weighted by Crippen LogP contribution is -2.36. The maximum absolute atomic E-state index is 13.1. The number of hydrogen-bond donors (Lipinski definition) is 1. The van der Waals surface area contributed by atoms with Gasteiger partial charge in [-0.05, 0) is 31.0 Å². The Bertz CT molecular complexity index is 788. The van der Waals surface area contributed by atoms with Crippen LogP contribution < -0.4 is 5.32 Å². The van der Waals surface area contributed by atoms with Crippen LogP contribution in [0.2, 0.25) is 0 Å². The molecule has 132 valence electrons. The SMILES string of the molecule is CC1(C)C(Nc2ccc(C#N)c(C(F)(F)F)c2)CCC1n1ccnc1. The lowest BCUT2D eigenvalue weighted by molar-refractivity contribution is -0.137. The van der Waals surface area contributed by atoms with Crippen molar-refractivity contribution >= 4 is 5.69 Å². The van der Waals surface area contributed by atoms with Gasteiger partial charge in [-0.25, -0.2) is 4.98 Å². The summed E-state index contributed by atoms with van der Waals surface area (Å²) in [6.45, 7) is 4.22. The molecule has 0 saturated heterocycles. The number of rotatable bonds is 3. The fraction of sp³-hybridized carbons (Fsp3) is 0.444. The van der Waals surface area contributed by atoms with Gasteiger partial charge in [0.25, 0.3) is 0 Å². The van der Waals surface area contributed by atoms with Gasteiger partial charge in [0.1, 0.15) is 0 Å². The zero-order valence-corrected chi connectivity index (χ0v) is 14.0. The van der Waals surface area contributed by atoms with Crippen LogP contribution >= 0.6 is 0 Å². The Balaban J connectivity index is 1.85. The molecule has 1 aromatic heterocycles. The summed E-state index contributed by atoms with van der Waals surface area (Å²) in [4.78, 5) is 4.09. The lowest BCUT2D eigenvalue weighted by Gasteiger charge is -2.34. The van der Waals surface area contributed by atoms with E-state index < -0.39 is 11.7 Å². The smallest absolute Gasteiger partial charge is 0.382 e. The van der Waals surface area contributed by atoms with Crippen LogP contribution in [0.3, 0.4) is 0 Å². The minimum Gasteiger partial charge on any atom is -0.382 e. The number of anilines is 1. The van der Waals surface area contributed by atoms with Gasteiger partial charge in [0.15, 0.2) is 0 Å². The highest BCUT2D eigenvalue weighted by Gasteiger charge is 2.44. The van der Waals surface area contributed by atoms with E-state index in [1.54, 1.807) is 18.6 Å². The summed E-state index contributed by atoms with van der Waals surface area (Å²) in [6, 6.07) is 5.64. The van der Waals surface area contributed by atoms with Crippen LogP contribution in [0.5, 0.6) is 0 Å². The molecule has 0 aliphatic heterocycles. The van der Waals surface area contributed by atoms with Crippen LogP contribution in [0, 0.1) is 16.7 Å². The topological polar surface area (TPSA) is 53.6 Å². The normalized spacial score (nSPS) is 22.6. The Hall–Kier alpha value is -2.49. The molecule has 1 heterocycles. The Kier molecular flexibility index (Phi) is 4.23. The van der Waals surface area contributed by atoms with Gasteiger partial charge in [0, 0.05) is 35.6 Å². The van der Waals surface area contributed by atoms with E-state index in [0.717, 1.165) is 18.9 Å². The number of imidazole rings is 1. The van der Waals surface area contributed by atoms with E-state index in [2.05, 4.69) is 28.7 Å². The van der Waals surface area contributed by atoms with Gasteiger partial charge in [-0.15, -0.1) is 0 Å². The molecule has 2 aromatic rings. The van der Waals surface area contributed by atoms with E-state index in [1.807, 2.05) is 6.20 Å². The largest absolute Gasteiger partial charge is 0.417 e. The Morgan fingerprint density at radius 2 is 2.08 bits per heavy atom. The third-order valence-electron chi connectivity index (χ3n) is 5.16. The van der Waals surface area contributed by atoms with Crippen molar-refractivity contribution in [3.8, 4) is 6.07 Å². The summed E-state index contributed by atoms with van der Waals surface area (Å²) < 4.78 is 41.5. The second kappa shape index (κ2) is 6.10. The van der Waals surface area contributed by atoms with Crippen LogP contribution in [0.1, 0.15) is 43.9 Å². The molecule has 0 radical (unpaired) electrons. The number of nitriles is 1. The number of halogens is 3. The molecule has 1 saturated carbocycles. The Morgan fingerprint density at radius 1 is 1.32 bits per heavy atom. The predicted octanol–water partition coefficient (Wildman–Crippen LogP) is 4.62. The average Bonchev–Trinajstić information content (AvgIpc) is 3.15. The van der Waals surface area contributed by atoms with E-state index in [9.17, 15) is 13.2 Å². The van der Waals surface area contributed by atoms with Crippen molar-refractivity contribution < 1.29 is 13.2 Å². The number of hydrogen-bond acceptors (Lipinski definition) is 3. The standard InChI is InChI=1S/C18H19F3N4/c1-17(2)15(5-6-16(17)25-8-7-23-11-25)24-13-4-3-12(10-22)14(9-13)18(19,20)21/h3-4,7-9,11,15-16,24H,5-6H2,1-2H3. The first kappa shape index (κ1) is 17.3. The molecule has 2 unspecified atom stereocenters. The van der Waals surface area contributed by atoms with Crippen LogP contribution in [0.25, 0.3) is 0 Å². The van der Waals surface area contributed by atoms with E-state index in [4.69, 9.17) is 5.26 Å². The van der Waals surface area contributed by atoms with Gasteiger partial charge in [-0.2, -0.15) is 18.4 Å². The molecule has 0 amide bonds. The highest BCUT2D eigenvalue weighted by Crippen LogP contribution is 2.47. The van der Waals surface area contributed by atoms with Crippen molar-refractivity contribution in [3.63, 3.8) is 0 Å². The van der Waals surface area contributed by atoms with Crippen molar-refractivity contribution in [2.24, 2.45) is 5.41 Å². The van der Waals surface area contributed by atoms with Crippen molar-refractivity contribution in [2.45, 2.75) is 44.9 Å². The lowest BCUT2D eigenvalue weighted by atomic mass is 9.83. The zero-order chi connectivity index (χ0) is 18.2. The quantitative estimate of drug-likeness (QED) is 0.881. The summed E-state index contributed by atoms with van der Waals surface area (Å²) >= 11 is 0. The van der Waals surface area contributed by atoms with Gasteiger partial charge in [0.05, 0.1) is 23.5 Å². The fourth-order valence-corrected chi connectivity index (χ4v) is 3.71. The molecular formula is C18H19F3N4. The number of aromatic nitrogens is 2. The molecule has 1 aromatic carbocycles. The summed E-state index contributed by atoms with van der Waals surface area (Å²) in [5.41, 5.74) is -1.04.